The lowest BCUT2D eigenvalue weighted by molar-refractivity contribution is 0.561. The molecule has 1 heterocycles. The van der Waals surface area contributed by atoms with Gasteiger partial charge in [0.2, 0.25) is 0 Å². The molecule has 2 rings (SSSR count). The van der Waals surface area contributed by atoms with E-state index in [1.54, 1.807) is 18.3 Å². The van der Waals surface area contributed by atoms with E-state index in [9.17, 15) is 8.94 Å². The second-order valence-corrected chi connectivity index (χ2v) is 7.88. The molecule has 0 aliphatic carbocycles. The first kappa shape index (κ1) is 16.6. The van der Waals surface area contributed by atoms with Gasteiger partial charge in [-0.15, -0.1) is 0 Å². The lowest BCUT2D eigenvalue weighted by Crippen LogP contribution is -2.26. The maximum Gasteiger partial charge on any atom is 0.144 e. The van der Waals surface area contributed by atoms with Crippen LogP contribution in [0.3, 0.4) is 0 Å². The molecule has 0 fully saturated rings. The summed E-state index contributed by atoms with van der Waals surface area (Å²) in [7, 11) is 0. The zero-order valence-corrected chi connectivity index (χ0v) is 13.9. The van der Waals surface area contributed by atoms with Gasteiger partial charge in [-0.25, -0.2) is 4.39 Å². The van der Waals surface area contributed by atoms with Crippen LogP contribution < -0.4 is 0 Å². The highest BCUT2D eigenvalue weighted by Gasteiger charge is 2.26. The molecule has 0 N–H and O–H groups in total. The van der Waals surface area contributed by atoms with Crippen molar-refractivity contribution in [3.05, 3.63) is 54.0 Å². The maximum absolute atomic E-state index is 13.0. The SMILES string of the molecule is C/C(=N\[S+]([O-])C(C)(C)C)c1ccnc(-c2ccc(F)cc2)c1. The summed E-state index contributed by atoms with van der Waals surface area (Å²) in [6.07, 6.45) is 1.67. The summed E-state index contributed by atoms with van der Waals surface area (Å²) in [6.45, 7) is 7.48. The summed E-state index contributed by atoms with van der Waals surface area (Å²) in [4.78, 5) is 4.30. The second-order valence-electron chi connectivity index (χ2n) is 5.97. The Bertz CT molecular complexity index is 678. The monoisotopic (exact) mass is 318 g/mol. The van der Waals surface area contributed by atoms with Crippen LogP contribution in [0.4, 0.5) is 4.39 Å². The van der Waals surface area contributed by atoms with Gasteiger partial charge >= 0.3 is 0 Å². The minimum atomic E-state index is -1.30. The molecule has 0 saturated heterocycles. The summed E-state index contributed by atoms with van der Waals surface area (Å²) in [5.74, 6) is -0.279. The van der Waals surface area contributed by atoms with E-state index in [1.165, 1.54) is 12.1 Å². The molecule has 0 amide bonds. The highest BCUT2D eigenvalue weighted by Crippen LogP contribution is 2.21. The van der Waals surface area contributed by atoms with Crippen molar-refractivity contribution >= 4 is 17.1 Å². The van der Waals surface area contributed by atoms with Crippen LogP contribution in [0.1, 0.15) is 33.3 Å². The molecule has 0 bridgehead atoms. The lowest BCUT2D eigenvalue weighted by Gasteiger charge is -2.18. The summed E-state index contributed by atoms with van der Waals surface area (Å²) in [5, 5.41) is 0. The molecular formula is C17H19FN2OS. The van der Waals surface area contributed by atoms with Gasteiger partial charge in [-0.1, -0.05) is 4.40 Å². The smallest absolute Gasteiger partial charge is 0.144 e. The van der Waals surface area contributed by atoms with Gasteiger partial charge in [-0.3, -0.25) is 4.98 Å². The van der Waals surface area contributed by atoms with Crippen molar-refractivity contribution in [2.75, 3.05) is 0 Å². The standard InChI is InChI=1S/C17H19FN2OS/c1-12(20-22(21)17(2,3)4)14-9-10-19-16(11-14)13-5-7-15(18)8-6-13/h5-11H,1-4H3/b20-12+. The van der Waals surface area contributed by atoms with Crippen molar-refractivity contribution in [2.24, 2.45) is 4.40 Å². The van der Waals surface area contributed by atoms with Crippen LogP contribution in [-0.2, 0) is 11.4 Å². The molecule has 5 heteroatoms. The van der Waals surface area contributed by atoms with Gasteiger partial charge in [0.05, 0.1) is 11.4 Å². The van der Waals surface area contributed by atoms with E-state index in [1.807, 2.05) is 39.8 Å². The molecule has 0 saturated carbocycles. The van der Waals surface area contributed by atoms with Crippen molar-refractivity contribution in [3.63, 3.8) is 0 Å². The molecule has 0 aliphatic heterocycles. The van der Waals surface area contributed by atoms with Crippen LogP contribution in [0.15, 0.2) is 47.0 Å². The largest absolute Gasteiger partial charge is 0.591 e. The van der Waals surface area contributed by atoms with Gasteiger partial charge in [-0.05, 0) is 64.1 Å². The average molecular weight is 318 g/mol. The van der Waals surface area contributed by atoms with E-state index in [-0.39, 0.29) is 5.82 Å². The van der Waals surface area contributed by atoms with Gasteiger partial charge < -0.3 is 4.55 Å². The van der Waals surface area contributed by atoms with E-state index >= 15 is 0 Å². The van der Waals surface area contributed by atoms with Crippen LogP contribution in [0, 0.1) is 5.82 Å². The van der Waals surface area contributed by atoms with E-state index in [0.29, 0.717) is 5.71 Å². The first-order chi connectivity index (χ1) is 10.3. The van der Waals surface area contributed by atoms with Crippen LogP contribution in [-0.4, -0.2) is 20.0 Å². The molecule has 22 heavy (non-hydrogen) atoms. The fourth-order valence-corrected chi connectivity index (χ4v) is 2.38. The minimum absolute atomic E-state index is 0.279. The van der Waals surface area contributed by atoms with E-state index < -0.39 is 16.1 Å². The maximum atomic E-state index is 13.0. The molecule has 116 valence electrons. The van der Waals surface area contributed by atoms with Crippen molar-refractivity contribution in [2.45, 2.75) is 32.4 Å². The zero-order valence-electron chi connectivity index (χ0n) is 13.1. The summed E-state index contributed by atoms with van der Waals surface area (Å²) < 4.78 is 29.0. The summed E-state index contributed by atoms with van der Waals surface area (Å²) >= 11 is -1.30. The first-order valence-corrected chi connectivity index (χ1v) is 8.08. The summed E-state index contributed by atoms with van der Waals surface area (Å²) in [5.41, 5.74) is 3.10. The number of rotatable bonds is 3. The number of benzene rings is 1. The highest BCUT2D eigenvalue weighted by atomic mass is 32.2. The van der Waals surface area contributed by atoms with Gasteiger partial charge in [0.15, 0.2) is 0 Å². The second kappa shape index (κ2) is 6.58. The predicted octanol–water partition coefficient (Wildman–Crippen LogP) is 4.16. The van der Waals surface area contributed by atoms with E-state index in [0.717, 1.165) is 16.8 Å². The van der Waals surface area contributed by atoms with Gasteiger partial charge in [0, 0.05) is 17.3 Å². The topological polar surface area (TPSA) is 48.3 Å². The van der Waals surface area contributed by atoms with E-state index in [4.69, 9.17) is 0 Å². The summed E-state index contributed by atoms with van der Waals surface area (Å²) in [6, 6.07) is 9.86. The Kier molecular flexibility index (Phi) is 4.98. The number of pyridine rings is 1. The number of hydrogen-bond donors (Lipinski definition) is 0. The molecule has 3 nitrogen and oxygen atoms in total. The number of hydrogen-bond acceptors (Lipinski definition) is 3. The molecular weight excluding hydrogens is 299 g/mol. The Balaban J connectivity index is 2.32. The number of aromatic nitrogens is 1. The van der Waals surface area contributed by atoms with Gasteiger partial charge in [0.25, 0.3) is 0 Å². The third-order valence-electron chi connectivity index (χ3n) is 3.06. The van der Waals surface area contributed by atoms with Crippen molar-refractivity contribution in [1.82, 2.24) is 4.98 Å². The van der Waals surface area contributed by atoms with Crippen molar-refractivity contribution in [1.29, 1.82) is 0 Å². The molecule has 2 aromatic rings. The molecule has 1 aromatic heterocycles. The quantitative estimate of drug-likeness (QED) is 0.630. The highest BCUT2D eigenvalue weighted by molar-refractivity contribution is 7.91. The molecule has 0 aliphatic rings. The average Bonchev–Trinajstić information content (AvgIpc) is 2.47. The zero-order chi connectivity index (χ0) is 16.3. The van der Waals surface area contributed by atoms with Crippen molar-refractivity contribution < 1.29 is 8.94 Å². The first-order valence-electron chi connectivity index (χ1n) is 6.97. The Labute approximate surface area is 133 Å². The fourth-order valence-electron chi connectivity index (χ4n) is 1.75. The molecule has 1 unspecified atom stereocenters. The van der Waals surface area contributed by atoms with Gasteiger partial charge in [-0.2, -0.15) is 0 Å². The predicted molar refractivity (Wildman–Crippen MR) is 89.7 cm³/mol. The van der Waals surface area contributed by atoms with E-state index in [2.05, 4.69) is 9.38 Å². The van der Waals surface area contributed by atoms with Crippen molar-refractivity contribution in [3.8, 4) is 11.3 Å². The molecule has 1 aromatic carbocycles. The Morgan fingerprint density at radius 2 is 1.82 bits per heavy atom. The Morgan fingerprint density at radius 3 is 2.41 bits per heavy atom. The molecule has 0 spiro atoms. The number of halogens is 1. The Morgan fingerprint density at radius 1 is 1.18 bits per heavy atom. The number of nitrogens with zero attached hydrogens (tertiary/aromatic N) is 2. The van der Waals surface area contributed by atoms with Crippen LogP contribution in [0.25, 0.3) is 11.3 Å². The Hall–Kier alpha value is -1.72. The van der Waals surface area contributed by atoms with Crippen LogP contribution in [0.5, 0.6) is 0 Å². The lowest BCUT2D eigenvalue weighted by atomic mass is 10.1. The third-order valence-corrected chi connectivity index (χ3v) is 4.55. The normalized spacial score (nSPS) is 14.0. The third kappa shape index (κ3) is 4.15. The molecule has 1 atom stereocenters. The van der Waals surface area contributed by atoms with Crippen LogP contribution in [0.2, 0.25) is 0 Å². The fraction of sp³-hybridized carbons (Fsp3) is 0.294. The molecule has 0 radical (unpaired) electrons. The van der Waals surface area contributed by atoms with Crippen LogP contribution >= 0.6 is 0 Å². The van der Waals surface area contributed by atoms with Gasteiger partial charge in [0.1, 0.15) is 21.9 Å². The minimum Gasteiger partial charge on any atom is -0.591 e.